The molecular formula is C31H35N3O6S2. The fourth-order valence-corrected chi connectivity index (χ4v) is 7.71. The van der Waals surface area contributed by atoms with Gasteiger partial charge in [0.2, 0.25) is 0 Å². The van der Waals surface area contributed by atoms with Crippen LogP contribution in [0.2, 0.25) is 0 Å². The third kappa shape index (κ3) is 7.65. The van der Waals surface area contributed by atoms with Gasteiger partial charge in [-0.1, -0.05) is 96.8 Å². The number of sulfonamides is 1. The largest absolute Gasteiger partial charge is 0.462 e. The molecule has 0 saturated carbocycles. The van der Waals surface area contributed by atoms with Gasteiger partial charge < -0.3 is 9.47 Å². The van der Waals surface area contributed by atoms with Crippen molar-refractivity contribution in [3.63, 3.8) is 0 Å². The third-order valence-corrected chi connectivity index (χ3v) is 10.1. The van der Waals surface area contributed by atoms with E-state index in [1.54, 1.807) is 49.4 Å². The molecular weight excluding hydrogens is 574 g/mol. The van der Waals surface area contributed by atoms with Crippen LogP contribution >= 0.6 is 10.7 Å². The number of nitrogens with zero attached hydrogens (tertiary/aromatic N) is 2. The van der Waals surface area contributed by atoms with Crippen LogP contribution in [0.1, 0.15) is 44.7 Å². The molecule has 3 aromatic rings. The first-order valence-corrected chi connectivity index (χ1v) is 16.6. The molecule has 1 aliphatic rings. The van der Waals surface area contributed by atoms with Gasteiger partial charge >= 0.3 is 12.1 Å². The van der Waals surface area contributed by atoms with E-state index in [1.807, 2.05) is 46.4 Å². The van der Waals surface area contributed by atoms with E-state index >= 15 is 0 Å². The van der Waals surface area contributed by atoms with Crippen molar-refractivity contribution in [1.82, 2.24) is 9.14 Å². The first-order valence-electron chi connectivity index (χ1n) is 13.7. The zero-order chi connectivity index (χ0) is 30.1. The Morgan fingerprint density at radius 2 is 1.60 bits per heavy atom. The number of carbonyl (C=O) groups excluding carboxylic acids is 2. The van der Waals surface area contributed by atoms with Crippen molar-refractivity contribution in [3.8, 4) is 11.1 Å². The van der Waals surface area contributed by atoms with E-state index in [4.69, 9.17) is 9.47 Å². The second-order valence-corrected chi connectivity index (χ2v) is 13.0. The summed E-state index contributed by atoms with van der Waals surface area (Å²) in [4.78, 5) is 25.7. The molecule has 0 spiro atoms. The van der Waals surface area contributed by atoms with E-state index in [0.29, 0.717) is 34.1 Å². The quantitative estimate of drug-likeness (QED) is 0.201. The highest BCUT2D eigenvalue weighted by atomic mass is 32.2. The molecule has 0 aromatic heterocycles. The lowest BCUT2D eigenvalue weighted by atomic mass is 10.0. The number of amides is 1. The number of esters is 1. The topological polar surface area (TPSA) is 114 Å². The second kappa shape index (κ2) is 14.3. The zero-order valence-electron chi connectivity index (χ0n) is 23.9. The highest BCUT2D eigenvalue weighted by Gasteiger charge is 2.29. The number of hydrogen-bond acceptors (Lipinski definition) is 8. The van der Waals surface area contributed by atoms with Crippen molar-refractivity contribution in [2.75, 3.05) is 13.2 Å². The van der Waals surface area contributed by atoms with Gasteiger partial charge in [-0.3, -0.25) is 0 Å². The van der Waals surface area contributed by atoms with Crippen molar-refractivity contribution in [2.24, 2.45) is 5.10 Å². The number of carbonyl (C=O) groups is 2. The first kappa shape index (κ1) is 31.0. The summed E-state index contributed by atoms with van der Waals surface area (Å²) in [5.74, 6) is 0.222. The van der Waals surface area contributed by atoms with E-state index in [2.05, 4.69) is 12.0 Å². The van der Waals surface area contributed by atoms with Gasteiger partial charge in [0.05, 0.1) is 17.2 Å². The zero-order valence-corrected chi connectivity index (χ0v) is 25.5. The molecule has 0 fully saturated rings. The van der Waals surface area contributed by atoms with Gasteiger partial charge in [0.25, 0.3) is 10.0 Å². The van der Waals surface area contributed by atoms with Crippen LogP contribution in [0.5, 0.6) is 0 Å². The third-order valence-electron chi connectivity index (χ3n) is 6.42. The lowest BCUT2D eigenvalue weighted by Gasteiger charge is -2.20. The maximum absolute atomic E-state index is 13.2. The summed E-state index contributed by atoms with van der Waals surface area (Å²) < 4.78 is 40.8. The Balaban J connectivity index is 1.53. The maximum Gasteiger partial charge on any atom is 0.421 e. The van der Waals surface area contributed by atoms with Crippen LogP contribution in [0.25, 0.3) is 11.1 Å². The van der Waals surface area contributed by atoms with Crippen LogP contribution in [-0.2, 0) is 36.7 Å². The molecule has 4 rings (SSSR count). The number of nitrogens with one attached hydrogen (secondary N) is 1. The molecule has 0 bridgehead atoms. The van der Waals surface area contributed by atoms with Crippen molar-refractivity contribution < 1.29 is 27.5 Å². The predicted molar refractivity (Wildman–Crippen MR) is 166 cm³/mol. The summed E-state index contributed by atoms with van der Waals surface area (Å²) in [6.45, 7) is 6.71. The molecule has 9 nitrogen and oxygen atoms in total. The SMILES string of the molecule is CCCCN1N=C(C)C(C(=O)OCC)=S1Cc1ccc(-c2ccccc2S(=O)(=O)NC(=O)OCc2ccccc2)cc1. The monoisotopic (exact) mass is 609 g/mol. The molecule has 3 aromatic carbocycles. The van der Waals surface area contributed by atoms with Gasteiger partial charge in [0.1, 0.15) is 11.5 Å². The molecule has 1 amide bonds. The van der Waals surface area contributed by atoms with Gasteiger partial charge in [-0.25, -0.2) is 27.1 Å². The minimum Gasteiger partial charge on any atom is -0.462 e. The van der Waals surface area contributed by atoms with E-state index in [1.165, 1.54) is 6.07 Å². The molecule has 222 valence electrons. The first-order chi connectivity index (χ1) is 20.2. The normalized spacial score (nSPS) is 14.8. The smallest absolute Gasteiger partial charge is 0.421 e. The number of rotatable bonds is 12. The Hall–Kier alpha value is -3.96. The summed E-state index contributed by atoms with van der Waals surface area (Å²) in [6, 6.07) is 23.0. The minimum absolute atomic E-state index is 0.0419. The van der Waals surface area contributed by atoms with Gasteiger partial charge in [-0.15, -0.1) is 0 Å². The van der Waals surface area contributed by atoms with E-state index < -0.39 is 26.8 Å². The van der Waals surface area contributed by atoms with Crippen LogP contribution in [0.4, 0.5) is 4.79 Å². The molecule has 1 heterocycles. The number of ether oxygens (including phenoxy) is 2. The highest BCUT2D eigenvalue weighted by molar-refractivity contribution is 8.15. The molecule has 1 N–H and O–H groups in total. The Labute approximate surface area is 249 Å². The van der Waals surface area contributed by atoms with Crippen molar-refractivity contribution in [3.05, 3.63) is 90.0 Å². The fourth-order valence-electron chi connectivity index (χ4n) is 4.37. The lowest BCUT2D eigenvalue weighted by Crippen LogP contribution is -2.31. The molecule has 0 radical (unpaired) electrons. The van der Waals surface area contributed by atoms with Gasteiger partial charge in [0.15, 0.2) is 0 Å². The van der Waals surface area contributed by atoms with Crippen LogP contribution in [-0.4, -0.2) is 48.6 Å². The van der Waals surface area contributed by atoms with Gasteiger partial charge in [-0.2, -0.15) is 5.10 Å². The summed E-state index contributed by atoms with van der Waals surface area (Å²) in [5, 5.41) is 4.66. The van der Waals surface area contributed by atoms with E-state index in [0.717, 1.165) is 30.5 Å². The molecule has 0 aliphatic carbocycles. The number of hydrogen-bond donors (Lipinski definition) is 1. The number of benzene rings is 3. The van der Waals surface area contributed by atoms with Crippen molar-refractivity contribution in [2.45, 2.75) is 50.9 Å². The average Bonchev–Trinajstić information content (AvgIpc) is 3.30. The van der Waals surface area contributed by atoms with Gasteiger partial charge in [0, 0.05) is 17.9 Å². The Morgan fingerprint density at radius 1 is 0.905 bits per heavy atom. The van der Waals surface area contributed by atoms with Gasteiger partial charge in [-0.05, 0) is 43.0 Å². The van der Waals surface area contributed by atoms with Crippen molar-refractivity contribution >= 4 is 43.3 Å². The molecule has 1 aliphatic heterocycles. The minimum atomic E-state index is -4.22. The Bertz CT molecular complexity index is 1590. The van der Waals surface area contributed by atoms with Crippen molar-refractivity contribution in [1.29, 1.82) is 0 Å². The van der Waals surface area contributed by atoms with Crippen LogP contribution in [0.15, 0.2) is 88.9 Å². The average molecular weight is 610 g/mol. The molecule has 1 atom stereocenters. The molecule has 1 unspecified atom stereocenters. The van der Waals surface area contributed by atoms with Crippen LogP contribution < -0.4 is 4.72 Å². The number of hydrazone groups is 1. The standard InChI is InChI=1S/C31H35N3O6S2/c1-4-6-20-34-32-23(3)29(30(35)39-5-2)41(34)22-25-16-18-26(19-17-25)27-14-10-11-15-28(27)42(37,38)33-31(36)40-21-24-12-8-7-9-13-24/h7-19H,4-6,20-22H2,1-3H3,(H,33,36). The summed E-state index contributed by atoms with van der Waals surface area (Å²) in [6.07, 6.45) is 0.905. The Morgan fingerprint density at radius 3 is 2.29 bits per heavy atom. The van der Waals surface area contributed by atoms with E-state index in [-0.39, 0.29) is 17.5 Å². The molecule has 11 heteroatoms. The highest BCUT2D eigenvalue weighted by Crippen LogP contribution is 2.35. The number of unbranched alkanes of at least 4 members (excludes halogenated alkanes) is 1. The maximum atomic E-state index is 13.2. The lowest BCUT2D eigenvalue weighted by molar-refractivity contribution is -0.134. The van der Waals surface area contributed by atoms with Crippen LogP contribution in [0, 0.1) is 0 Å². The second-order valence-electron chi connectivity index (χ2n) is 9.53. The van der Waals surface area contributed by atoms with Crippen LogP contribution in [0.3, 0.4) is 0 Å². The molecule has 0 saturated heterocycles. The summed E-state index contributed by atoms with van der Waals surface area (Å²) in [5.41, 5.74) is 3.50. The summed E-state index contributed by atoms with van der Waals surface area (Å²) in [7, 11) is -4.81. The van der Waals surface area contributed by atoms with E-state index in [9.17, 15) is 18.0 Å². The fraction of sp³-hybridized carbons (Fsp3) is 0.290. The molecule has 42 heavy (non-hydrogen) atoms. The predicted octanol–water partition coefficient (Wildman–Crippen LogP) is 5.88. The summed E-state index contributed by atoms with van der Waals surface area (Å²) >= 11 is 0. The Kier molecular flexibility index (Phi) is 10.5.